The van der Waals surface area contributed by atoms with Gasteiger partial charge < -0.3 is 15.9 Å². The van der Waals surface area contributed by atoms with Crippen molar-refractivity contribution in [1.82, 2.24) is 0 Å². The summed E-state index contributed by atoms with van der Waals surface area (Å²) in [4.78, 5) is 25.2. The molecule has 0 atom stereocenters. The van der Waals surface area contributed by atoms with Crippen molar-refractivity contribution in [1.29, 1.82) is 0 Å². The lowest BCUT2D eigenvalue weighted by Gasteiger charge is -2.38. The second kappa shape index (κ2) is 7.22. The summed E-state index contributed by atoms with van der Waals surface area (Å²) in [5.74, 6) is -0.115. The molecule has 1 saturated carbocycles. The van der Waals surface area contributed by atoms with Crippen molar-refractivity contribution in [2.75, 3.05) is 0 Å². The molecule has 0 spiro atoms. The van der Waals surface area contributed by atoms with E-state index in [1.165, 1.54) is 6.07 Å². The van der Waals surface area contributed by atoms with E-state index in [9.17, 15) is 9.59 Å². The zero-order chi connectivity index (χ0) is 21.6. The number of hydrogen-bond donors (Lipinski definition) is 2. The van der Waals surface area contributed by atoms with Crippen LogP contribution in [0.4, 0.5) is 0 Å². The van der Waals surface area contributed by atoms with Gasteiger partial charge in [-0.05, 0) is 48.6 Å². The molecule has 1 heterocycles. The Labute approximate surface area is 179 Å². The van der Waals surface area contributed by atoms with Gasteiger partial charge in [0.2, 0.25) is 11.3 Å². The van der Waals surface area contributed by atoms with Gasteiger partial charge in [-0.25, -0.2) is 0 Å². The molecule has 4 aromatic rings. The number of nitrogens with two attached hydrogens (primary N) is 2. The van der Waals surface area contributed by atoms with Crippen molar-refractivity contribution in [3.63, 3.8) is 0 Å². The Balaban J connectivity index is 1.74. The Morgan fingerprint density at radius 2 is 1.61 bits per heavy atom. The van der Waals surface area contributed by atoms with Gasteiger partial charge in [-0.2, -0.15) is 0 Å². The first kappa shape index (κ1) is 19.3. The molecule has 1 aromatic heterocycles. The molecular formula is C26H22N2O3. The van der Waals surface area contributed by atoms with Gasteiger partial charge >= 0.3 is 0 Å². The van der Waals surface area contributed by atoms with Gasteiger partial charge in [0.1, 0.15) is 11.3 Å². The quantitative estimate of drug-likeness (QED) is 0.515. The predicted molar refractivity (Wildman–Crippen MR) is 122 cm³/mol. The van der Waals surface area contributed by atoms with Crippen LogP contribution >= 0.6 is 0 Å². The number of amides is 1. The average Bonchev–Trinajstić information content (AvgIpc) is 2.77. The summed E-state index contributed by atoms with van der Waals surface area (Å²) < 4.78 is 6.20. The molecule has 154 valence electrons. The Hall–Kier alpha value is -3.70. The SMILES string of the molecule is NC(=O)c1ccc2c(=O)c(-c3ccc(C4(N)CCC4)cc3)c(-c3ccccc3)oc2c1. The van der Waals surface area contributed by atoms with Crippen molar-refractivity contribution in [3.8, 4) is 22.5 Å². The van der Waals surface area contributed by atoms with Crippen molar-refractivity contribution in [2.45, 2.75) is 24.8 Å². The highest BCUT2D eigenvalue weighted by atomic mass is 16.3. The van der Waals surface area contributed by atoms with E-state index in [0.29, 0.717) is 27.9 Å². The molecule has 0 radical (unpaired) electrons. The van der Waals surface area contributed by atoms with Gasteiger partial charge in [0.05, 0.1) is 10.9 Å². The molecular weight excluding hydrogens is 388 g/mol. The minimum atomic E-state index is -0.572. The fraction of sp³-hybridized carbons (Fsp3) is 0.154. The summed E-state index contributed by atoms with van der Waals surface area (Å²) in [5.41, 5.74) is 15.2. The third-order valence-electron chi connectivity index (χ3n) is 6.21. The van der Waals surface area contributed by atoms with Crippen LogP contribution in [0.1, 0.15) is 35.2 Å². The number of fused-ring (bicyclic) bond motifs is 1. The second-order valence-electron chi connectivity index (χ2n) is 8.16. The lowest BCUT2D eigenvalue weighted by Crippen LogP contribution is -2.43. The lowest BCUT2D eigenvalue weighted by molar-refractivity contribution is 0.100. The second-order valence-corrected chi connectivity index (χ2v) is 8.16. The van der Waals surface area contributed by atoms with Crippen molar-refractivity contribution in [2.24, 2.45) is 11.5 Å². The number of carbonyl (C=O) groups excluding carboxylic acids is 1. The van der Waals surface area contributed by atoms with Crippen LogP contribution in [0.3, 0.4) is 0 Å². The van der Waals surface area contributed by atoms with E-state index in [1.54, 1.807) is 12.1 Å². The summed E-state index contributed by atoms with van der Waals surface area (Å²) in [6, 6.07) is 22.0. The molecule has 5 heteroatoms. The smallest absolute Gasteiger partial charge is 0.248 e. The molecule has 31 heavy (non-hydrogen) atoms. The fourth-order valence-electron chi connectivity index (χ4n) is 4.22. The molecule has 0 bridgehead atoms. The van der Waals surface area contributed by atoms with Gasteiger partial charge in [-0.15, -0.1) is 0 Å². The molecule has 5 rings (SSSR count). The van der Waals surface area contributed by atoms with Gasteiger partial charge in [0.25, 0.3) is 0 Å². The molecule has 1 aliphatic carbocycles. The van der Waals surface area contributed by atoms with Crippen LogP contribution in [0, 0.1) is 0 Å². The van der Waals surface area contributed by atoms with E-state index < -0.39 is 5.91 Å². The summed E-state index contributed by atoms with van der Waals surface area (Å²) >= 11 is 0. The van der Waals surface area contributed by atoms with Crippen LogP contribution < -0.4 is 16.9 Å². The fourth-order valence-corrected chi connectivity index (χ4v) is 4.22. The van der Waals surface area contributed by atoms with E-state index in [-0.39, 0.29) is 11.0 Å². The van der Waals surface area contributed by atoms with Crippen molar-refractivity contribution >= 4 is 16.9 Å². The van der Waals surface area contributed by atoms with Crippen LogP contribution in [0.5, 0.6) is 0 Å². The van der Waals surface area contributed by atoms with Gasteiger partial charge in [-0.3, -0.25) is 9.59 Å². The Morgan fingerprint density at radius 1 is 0.903 bits per heavy atom. The van der Waals surface area contributed by atoms with Gasteiger partial charge in [-0.1, -0.05) is 54.6 Å². The number of hydrogen-bond acceptors (Lipinski definition) is 4. The van der Waals surface area contributed by atoms with Crippen molar-refractivity contribution < 1.29 is 9.21 Å². The molecule has 3 aromatic carbocycles. The number of primary amides is 1. The maximum absolute atomic E-state index is 13.6. The largest absolute Gasteiger partial charge is 0.455 e. The molecule has 1 fully saturated rings. The third-order valence-corrected chi connectivity index (χ3v) is 6.21. The monoisotopic (exact) mass is 410 g/mol. The van der Waals surface area contributed by atoms with Crippen LogP contribution in [-0.4, -0.2) is 5.91 Å². The highest BCUT2D eigenvalue weighted by molar-refractivity contribution is 5.97. The maximum Gasteiger partial charge on any atom is 0.248 e. The summed E-state index contributed by atoms with van der Waals surface area (Å²) in [5, 5.41) is 0.401. The maximum atomic E-state index is 13.6. The average molecular weight is 410 g/mol. The van der Waals surface area contributed by atoms with Crippen LogP contribution in [0.2, 0.25) is 0 Å². The topological polar surface area (TPSA) is 99.3 Å². The van der Waals surface area contributed by atoms with Gasteiger partial charge in [0, 0.05) is 16.7 Å². The Morgan fingerprint density at radius 3 is 2.23 bits per heavy atom. The predicted octanol–water partition coefficient (Wildman–Crippen LogP) is 4.56. The highest BCUT2D eigenvalue weighted by Gasteiger charge is 2.34. The van der Waals surface area contributed by atoms with Crippen molar-refractivity contribution in [3.05, 3.63) is 94.1 Å². The van der Waals surface area contributed by atoms with E-state index in [4.69, 9.17) is 15.9 Å². The number of rotatable bonds is 4. The molecule has 0 saturated heterocycles. The summed E-state index contributed by atoms with van der Waals surface area (Å²) in [6.45, 7) is 0. The van der Waals surface area contributed by atoms with Crippen LogP contribution in [0.15, 0.2) is 82.0 Å². The first-order chi connectivity index (χ1) is 15.0. The molecule has 5 nitrogen and oxygen atoms in total. The Kier molecular flexibility index (Phi) is 4.49. The van der Waals surface area contributed by atoms with E-state index >= 15 is 0 Å². The zero-order valence-corrected chi connectivity index (χ0v) is 16.9. The van der Waals surface area contributed by atoms with Crippen LogP contribution in [0.25, 0.3) is 33.4 Å². The molecule has 1 amide bonds. The van der Waals surface area contributed by atoms with Crippen LogP contribution in [-0.2, 0) is 5.54 Å². The summed E-state index contributed by atoms with van der Waals surface area (Å²) in [6.07, 6.45) is 3.09. The third kappa shape index (κ3) is 3.23. The minimum absolute atomic E-state index is 0.157. The highest BCUT2D eigenvalue weighted by Crippen LogP contribution is 2.40. The zero-order valence-electron chi connectivity index (χ0n) is 16.9. The molecule has 0 aliphatic heterocycles. The normalized spacial score (nSPS) is 14.9. The van der Waals surface area contributed by atoms with Gasteiger partial charge in [0.15, 0.2) is 0 Å². The standard InChI is InChI=1S/C26H22N2O3/c27-25(30)18-9-12-20-21(15-18)31-24(17-5-2-1-3-6-17)22(23(20)29)16-7-10-19(11-8-16)26(28)13-4-14-26/h1-3,5-12,15H,4,13-14,28H2,(H2,27,30). The first-order valence-electron chi connectivity index (χ1n) is 10.3. The molecule has 1 aliphatic rings. The van der Waals surface area contributed by atoms with E-state index in [0.717, 1.165) is 36.0 Å². The molecule has 0 unspecified atom stereocenters. The molecule has 4 N–H and O–H groups in total. The number of benzene rings is 3. The van der Waals surface area contributed by atoms with E-state index in [2.05, 4.69) is 0 Å². The number of carbonyl (C=O) groups is 1. The Bertz CT molecular complexity index is 1350. The lowest BCUT2D eigenvalue weighted by atomic mass is 9.72. The summed E-state index contributed by atoms with van der Waals surface area (Å²) in [7, 11) is 0. The first-order valence-corrected chi connectivity index (χ1v) is 10.3. The minimum Gasteiger partial charge on any atom is -0.455 e. The van der Waals surface area contributed by atoms with E-state index in [1.807, 2.05) is 54.6 Å².